The standard InChI is InChI=1S/C11H25N.H2S/c1-8(2)7-10(12)9(3)11(4,5)6;/h8-10H,7,12H2,1-6H3;1H2/t9?,10-;/m0./s1. The first-order chi connectivity index (χ1) is 5.25. The highest BCUT2D eigenvalue weighted by Crippen LogP contribution is 2.29. The summed E-state index contributed by atoms with van der Waals surface area (Å²) in [4.78, 5) is 0. The molecule has 0 radical (unpaired) electrons. The second-order valence-corrected chi connectivity index (χ2v) is 5.45. The molecule has 2 atom stereocenters. The zero-order valence-electron chi connectivity index (χ0n) is 10.0. The van der Waals surface area contributed by atoms with Gasteiger partial charge in [-0.05, 0) is 23.7 Å². The summed E-state index contributed by atoms with van der Waals surface area (Å²) in [6.07, 6.45) is 1.14. The van der Waals surface area contributed by atoms with Crippen LogP contribution < -0.4 is 5.73 Å². The molecule has 2 heteroatoms. The molecule has 0 fully saturated rings. The monoisotopic (exact) mass is 205 g/mol. The van der Waals surface area contributed by atoms with Gasteiger partial charge in [0.2, 0.25) is 0 Å². The zero-order chi connectivity index (χ0) is 9.94. The van der Waals surface area contributed by atoms with Gasteiger partial charge in [-0.15, -0.1) is 0 Å². The Labute approximate surface area is 90.9 Å². The van der Waals surface area contributed by atoms with Crippen molar-refractivity contribution in [2.24, 2.45) is 23.0 Å². The fourth-order valence-corrected chi connectivity index (χ4v) is 1.39. The molecule has 82 valence electrons. The number of hydrogen-bond acceptors (Lipinski definition) is 1. The van der Waals surface area contributed by atoms with E-state index in [2.05, 4.69) is 41.5 Å². The maximum atomic E-state index is 6.10. The van der Waals surface area contributed by atoms with Gasteiger partial charge in [0, 0.05) is 6.04 Å². The van der Waals surface area contributed by atoms with Crippen molar-refractivity contribution in [1.29, 1.82) is 0 Å². The Bertz CT molecular complexity index is 127. The summed E-state index contributed by atoms with van der Waals surface area (Å²) in [7, 11) is 0. The third-order valence-electron chi connectivity index (χ3n) is 2.75. The molecule has 0 aromatic carbocycles. The van der Waals surface area contributed by atoms with E-state index < -0.39 is 0 Å². The lowest BCUT2D eigenvalue weighted by molar-refractivity contribution is 0.205. The molecule has 0 rings (SSSR count). The number of hydrogen-bond donors (Lipinski definition) is 1. The van der Waals surface area contributed by atoms with E-state index >= 15 is 0 Å². The minimum absolute atomic E-state index is 0. The van der Waals surface area contributed by atoms with E-state index in [-0.39, 0.29) is 13.5 Å². The largest absolute Gasteiger partial charge is 0.327 e. The molecule has 0 amide bonds. The van der Waals surface area contributed by atoms with Gasteiger partial charge in [-0.25, -0.2) is 0 Å². The van der Waals surface area contributed by atoms with Gasteiger partial charge in [-0.1, -0.05) is 41.5 Å². The summed E-state index contributed by atoms with van der Waals surface area (Å²) in [5.41, 5.74) is 6.45. The minimum Gasteiger partial charge on any atom is -0.327 e. The minimum atomic E-state index is 0. The van der Waals surface area contributed by atoms with Gasteiger partial charge >= 0.3 is 0 Å². The van der Waals surface area contributed by atoms with E-state index in [1.54, 1.807) is 0 Å². The van der Waals surface area contributed by atoms with Gasteiger partial charge in [-0.2, -0.15) is 13.5 Å². The molecule has 0 aromatic heterocycles. The lowest BCUT2D eigenvalue weighted by Crippen LogP contribution is -2.37. The number of rotatable bonds is 3. The van der Waals surface area contributed by atoms with Crippen molar-refractivity contribution >= 4 is 13.5 Å². The van der Waals surface area contributed by atoms with Crippen LogP contribution in [-0.4, -0.2) is 6.04 Å². The Balaban J connectivity index is 0. The zero-order valence-corrected chi connectivity index (χ0v) is 11.0. The first-order valence-electron chi connectivity index (χ1n) is 5.00. The van der Waals surface area contributed by atoms with E-state index in [1.165, 1.54) is 0 Å². The lowest BCUT2D eigenvalue weighted by Gasteiger charge is -2.33. The van der Waals surface area contributed by atoms with Gasteiger partial charge in [0.15, 0.2) is 0 Å². The molecule has 0 saturated heterocycles. The molecule has 0 aliphatic rings. The van der Waals surface area contributed by atoms with Crippen LogP contribution in [0, 0.1) is 17.3 Å². The molecular formula is C11H27NS. The number of nitrogens with two attached hydrogens (primary N) is 1. The van der Waals surface area contributed by atoms with E-state index in [0.29, 0.717) is 23.3 Å². The van der Waals surface area contributed by atoms with Crippen LogP contribution in [0.15, 0.2) is 0 Å². The van der Waals surface area contributed by atoms with Crippen molar-refractivity contribution in [3.8, 4) is 0 Å². The molecule has 2 N–H and O–H groups in total. The average Bonchev–Trinajstić information content (AvgIpc) is 1.82. The van der Waals surface area contributed by atoms with Crippen molar-refractivity contribution in [3.05, 3.63) is 0 Å². The first-order valence-corrected chi connectivity index (χ1v) is 5.00. The van der Waals surface area contributed by atoms with Crippen molar-refractivity contribution in [3.63, 3.8) is 0 Å². The second kappa shape index (κ2) is 5.92. The highest BCUT2D eigenvalue weighted by atomic mass is 32.1. The Morgan fingerprint density at radius 3 is 1.69 bits per heavy atom. The van der Waals surface area contributed by atoms with Crippen LogP contribution in [0.1, 0.15) is 48.0 Å². The van der Waals surface area contributed by atoms with E-state index in [1.807, 2.05) is 0 Å². The Hall–Kier alpha value is 0.310. The van der Waals surface area contributed by atoms with Crippen LogP contribution in [0.25, 0.3) is 0 Å². The lowest BCUT2D eigenvalue weighted by atomic mass is 9.76. The quantitative estimate of drug-likeness (QED) is 0.752. The van der Waals surface area contributed by atoms with Crippen molar-refractivity contribution < 1.29 is 0 Å². The highest BCUT2D eigenvalue weighted by Gasteiger charge is 2.25. The second-order valence-electron chi connectivity index (χ2n) is 5.45. The van der Waals surface area contributed by atoms with Gasteiger partial charge in [0.05, 0.1) is 0 Å². The van der Waals surface area contributed by atoms with Crippen LogP contribution >= 0.6 is 13.5 Å². The summed E-state index contributed by atoms with van der Waals surface area (Å²) in [5.74, 6) is 1.31. The third kappa shape index (κ3) is 6.39. The van der Waals surface area contributed by atoms with Crippen molar-refractivity contribution in [2.45, 2.75) is 54.0 Å². The Morgan fingerprint density at radius 1 is 1.08 bits per heavy atom. The summed E-state index contributed by atoms with van der Waals surface area (Å²) >= 11 is 0. The predicted octanol–water partition coefficient (Wildman–Crippen LogP) is 3.15. The molecule has 0 bridgehead atoms. The summed E-state index contributed by atoms with van der Waals surface area (Å²) < 4.78 is 0. The van der Waals surface area contributed by atoms with Crippen molar-refractivity contribution in [2.75, 3.05) is 0 Å². The normalized spacial score (nSPS) is 16.6. The highest BCUT2D eigenvalue weighted by molar-refractivity contribution is 7.59. The van der Waals surface area contributed by atoms with Gasteiger partial charge < -0.3 is 5.73 Å². The van der Waals surface area contributed by atoms with E-state index in [0.717, 1.165) is 6.42 Å². The Morgan fingerprint density at radius 2 is 1.46 bits per heavy atom. The van der Waals surface area contributed by atoms with Crippen LogP contribution in [0.5, 0.6) is 0 Å². The SMILES string of the molecule is CC(C)C[C@H](N)C(C)C(C)(C)C.S. The fourth-order valence-electron chi connectivity index (χ4n) is 1.39. The first kappa shape index (κ1) is 15.8. The Kier molecular flexibility index (Phi) is 7.18. The molecular weight excluding hydrogens is 178 g/mol. The maximum Gasteiger partial charge on any atom is 0.00719 e. The predicted molar refractivity (Wildman–Crippen MR) is 66.4 cm³/mol. The summed E-state index contributed by atoms with van der Waals surface area (Å²) in [6, 6.07) is 0.352. The maximum absolute atomic E-state index is 6.10. The molecule has 1 nitrogen and oxygen atoms in total. The smallest absolute Gasteiger partial charge is 0.00719 e. The van der Waals surface area contributed by atoms with E-state index in [9.17, 15) is 0 Å². The molecule has 0 spiro atoms. The molecule has 0 heterocycles. The van der Waals surface area contributed by atoms with Gasteiger partial charge in [0.25, 0.3) is 0 Å². The third-order valence-corrected chi connectivity index (χ3v) is 2.75. The molecule has 0 aromatic rings. The molecule has 0 aliphatic carbocycles. The van der Waals surface area contributed by atoms with Crippen LogP contribution in [0.4, 0.5) is 0 Å². The van der Waals surface area contributed by atoms with Crippen LogP contribution in [0.3, 0.4) is 0 Å². The average molecular weight is 205 g/mol. The molecule has 0 aliphatic heterocycles. The topological polar surface area (TPSA) is 26.0 Å². The van der Waals surface area contributed by atoms with Gasteiger partial charge in [0.1, 0.15) is 0 Å². The summed E-state index contributed by atoms with van der Waals surface area (Å²) in [6.45, 7) is 13.5. The molecule has 13 heavy (non-hydrogen) atoms. The fraction of sp³-hybridized carbons (Fsp3) is 1.00. The van der Waals surface area contributed by atoms with Crippen LogP contribution in [-0.2, 0) is 0 Å². The van der Waals surface area contributed by atoms with Crippen LogP contribution in [0.2, 0.25) is 0 Å². The summed E-state index contributed by atoms with van der Waals surface area (Å²) in [5, 5.41) is 0. The van der Waals surface area contributed by atoms with E-state index in [4.69, 9.17) is 5.73 Å². The van der Waals surface area contributed by atoms with Gasteiger partial charge in [-0.3, -0.25) is 0 Å². The van der Waals surface area contributed by atoms with Crippen molar-refractivity contribution in [1.82, 2.24) is 0 Å². The molecule has 0 saturated carbocycles. The molecule has 1 unspecified atom stereocenters.